The Morgan fingerprint density at radius 2 is 1.78 bits per heavy atom. The molecule has 8 heteroatoms. The SMILES string of the molecule is CCOCCn1c(=NC(=O)CCCS(=O)(=O)c2ccc(C)cc2)sc2cc(C)c(C)cc21. The minimum Gasteiger partial charge on any atom is -0.380 e. The van der Waals surface area contributed by atoms with Gasteiger partial charge in [-0.3, -0.25) is 4.79 Å². The molecule has 2 aromatic carbocycles. The molecule has 0 unspecified atom stereocenters. The second-order valence-corrected chi connectivity index (χ2v) is 11.0. The van der Waals surface area contributed by atoms with E-state index in [0.29, 0.717) is 24.6 Å². The molecule has 3 rings (SSSR count). The van der Waals surface area contributed by atoms with Gasteiger partial charge in [0.25, 0.3) is 0 Å². The number of nitrogens with zero attached hydrogens (tertiary/aromatic N) is 2. The average Bonchev–Trinajstić information content (AvgIpc) is 3.04. The number of carbonyl (C=O) groups excluding carboxylic acids is 1. The van der Waals surface area contributed by atoms with Gasteiger partial charge >= 0.3 is 0 Å². The van der Waals surface area contributed by atoms with Gasteiger partial charge in [-0.05, 0) is 69.5 Å². The molecular weight excluding hydrogens is 444 g/mol. The molecule has 1 aromatic heterocycles. The van der Waals surface area contributed by atoms with Crippen molar-refractivity contribution in [3.8, 4) is 0 Å². The molecule has 0 aliphatic heterocycles. The highest BCUT2D eigenvalue weighted by atomic mass is 32.2. The number of thiazole rings is 1. The van der Waals surface area contributed by atoms with E-state index in [1.807, 2.05) is 18.4 Å². The number of fused-ring (bicyclic) bond motifs is 1. The van der Waals surface area contributed by atoms with Crippen molar-refractivity contribution in [2.45, 2.75) is 52.0 Å². The number of aromatic nitrogens is 1. The monoisotopic (exact) mass is 474 g/mol. The van der Waals surface area contributed by atoms with Gasteiger partial charge in [0.1, 0.15) is 0 Å². The first-order valence-electron chi connectivity index (χ1n) is 10.8. The number of hydrogen-bond donors (Lipinski definition) is 0. The zero-order chi connectivity index (χ0) is 23.3. The molecule has 0 spiro atoms. The molecule has 0 N–H and O–H groups in total. The first-order valence-corrected chi connectivity index (χ1v) is 13.2. The number of carbonyl (C=O) groups is 1. The van der Waals surface area contributed by atoms with E-state index >= 15 is 0 Å². The highest BCUT2D eigenvalue weighted by molar-refractivity contribution is 7.91. The molecular formula is C24H30N2O4S2. The number of amides is 1. The van der Waals surface area contributed by atoms with Crippen molar-refractivity contribution in [1.82, 2.24) is 4.57 Å². The molecule has 0 radical (unpaired) electrons. The van der Waals surface area contributed by atoms with Crippen molar-refractivity contribution >= 4 is 37.3 Å². The third-order valence-corrected chi connectivity index (χ3v) is 8.22. The molecule has 0 atom stereocenters. The van der Waals surface area contributed by atoms with Crippen LogP contribution in [0.5, 0.6) is 0 Å². The molecule has 3 aromatic rings. The number of ether oxygens (including phenoxy) is 1. The minimum atomic E-state index is -3.41. The van der Waals surface area contributed by atoms with E-state index in [9.17, 15) is 13.2 Å². The van der Waals surface area contributed by atoms with Crippen LogP contribution in [0.15, 0.2) is 46.3 Å². The molecule has 6 nitrogen and oxygen atoms in total. The van der Waals surface area contributed by atoms with Crippen LogP contribution in [-0.2, 0) is 25.9 Å². The molecule has 0 bridgehead atoms. The van der Waals surface area contributed by atoms with Gasteiger partial charge in [-0.25, -0.2) is 8.42 Å². The summed E-state index contributed by atoms with van der Waals surface area (Å²) in [5, 5.41) is 0. The van der Waals surface area contributed by atoms with Gasteiger partial charge in [-0.15, -0.1) is 0 Å². The summed E-state index contributed by atoms with van der Waals surface area (Å²) in [6.45, 7) is 9.75. The minimum absolute atomic E-state index is 0.0769. The fraction of sp³-hybridized carbons (Fsp3) is 0.417. The van der Waals surface area contributed by atoms with E-state index in [1.54, 1.807) is 24.3 Å². The summed E-state index contributed by atoms with van der Waals surface area (Å²) in [6.07, 6.45) is 0.323. The average molecular weight is 475 g/mol. The zero-order valence-electron chi connectivity index (χ0n) is 19.1. The summed E-state index contributed by atoms with van der Waals surface area (Å²) in [4.78, 5) is 17.8. The van der Waals surface area contributed by atoms with Gasteiger partial charge in [0.2, 0.25) is 5.91 Å². The molecule has 1 amide bonds. The Labute approximate surface area is 193 Å². The van der Waals surface area contributed by atoms with E-state index in [1.165, 1.54) is 22.5 Å². The first kappa shape index (κ1) is 24.4. The van der Waals surface area contributed by atoms with E-state index in [0.717, 1.165) is 15.8 Å². The van der Waals surface area contributed by atoms with Crippen LogP contribution in [0, 0.1) is 20.8 Å². The Kier molecular flexibility index (Phi) is 8.03. The smallest absolute Gasteiger partial charge is 0.248 e. The van der Waals surface area contributed by atoms with E-state index in [4.69, 9.17) is 4.74 Å². The summed E-state index contributed by atoms with van der Waals surface area (Å²) in [5.41, 5.74) is 4.41. The fourth-order valence-electron chi connectivity index (χ4n) is 3.36. The van der Waals surface area contributed by atoms with Crippen molar-refractivity contribution in [2.24, 2.45) is 4.99 Å². The molecule has 32 heavy (non-hydrogen) atoms. The lowest BCUT2D eigenvalue weighted by Crippen LogP contribution is -2.20. The fourth-order valence-corrected chi connectivity index (χ4v) is 5.83. The number of benzene rings is 2. The Hall–Kier alpha value is -2.29. The molecule has 1 heterocycles. The van der Waals surface area contributed by atoms with Gasteiger partial charge in [-0.1, -0.05) is 29.0 Å². The predicted molar refractivity (Wildman–Crippen MR) is 129 cm³/mol. The van der Waals surface area contributed by atoms with Gasteiger partial charge in [0.15, 0.2) is 14.6 Å². The van der Waals surface area contributed by atoms with Gasteiger partial charge < -0.3 is 9.30 Å². The standard InChI is InChI=1S/C24H30N2O4S2/c1-5-30-13-12-26-21-15-18(3)19(4)16-22(21)31-24(26)25-23(27)7-6-14-32(28,29)20-10-8-17(2)9-11-20/h8-11,15-16H,5-7,12-14H2,1-4H3. The maximum absolute atomic E-state index is 12.6. The van der Waals surface area contributed by atoms with Crippen molar-refractivity contribution in [2.75, 3.05) is 19.0 Å². The maximum Gasteiger partial charge on any atom is 0.248 e. The van der Waals surface area contributed by atoms with E-state index in [-0.39, 0.29) is 29.4 Å². The Morgan fingerprint density at radius 3 is 2.47 bits per heavy atom. The van der Waals surface area contributed by atoms with Crippen LogP contribution in [0.2, 0.25) is 0 Å². The molecule has 0 fully saturated rings. The van der Waals surface area contributed by atoms with Crippen LogP contribution in [0.1, 0.15) is 36.5 Å². The highest BCUT2D eigenvalue weighted by Gasteiger charge is 2.15. The number of sulfone groups is 1. The zero-order valence-corrected chi connectivity index (χ0v) is 20.7. The van der Waals surface area contributed by atoms with Crippen LogP contribution in [0.3, 0.4) is 0 Å². The van der Waals surface area contributed by atoms with E-state index < -0.39 is 9.84 Å². The number of aryl methyl sites for hydroxylation is 3. The summed E-state index contributed by atoms with van der Waals surface area (Å²) in [5.74, 6) is -0.388. The van der Waals surface area contributed by atoms with Crippen LogP contribution >= 0.6 is 11.3 Å². The largest absolute Gasteiger partial charge is 0.380 e. The Balaban J connectivity index is 1.77. The van der Waals surface area contributed by atoms with Gasteiger partial charge in [0, 0.05) is 19.6 Å². The van der Waals surface area contributed by atoms with Crippen molar-refractivity contribution < 1.29 is 17.9 Å². The van der Waals surface area contributed by atoms with Crippen molar-refractivity contribution in [3.05, 3.63) is 57.9 Å². The maximum atomic E-state index is 12.6. The number of hydrogen-bond acceptors (Lipinski definition) is 5. The first-order chi connectivity index (χ1) is 15.2. The van der Waals surface area contributed by atoms with E-state index in [2.05, 4.69) is 31.0 Å². The Bertz CT molecular complexity index is 1270. The highest BCUT2D eigenvalue weighted by Crippen LogP contribution is 2.22. The van der Waals surface area contributed by atoms with Crippen LogP contribution in [-0.4, -0.2) is 37.9 Å². The molecule has 0 saturated carbocycles. The molecule has 0 aliphatic rings. The van der Waals surface area contributed by atoms with Crippen molar-refractivity contribution in [1.29, 1.82) is 0 Å². The summed E-state index contributed by atoms with van der Waals surface area (Å²) in [6, 6.07) is 11.0. The molecule has 172 valence electrons. The van der Waals surface area contributed by atoms with Crippen LogP contribution < -0.4 is 4.80 Å². The summed E-state index contributed by atoms with van der Waals surface area (Å²) in [7, 11) is -3.41. The second kappa shape index (κ2) is 10.6. The van der Waals surface area contributed by atoms with Crippen LogP contribution in [0.4, 0.5) is 0 Å². The second-order valence-electron chi connectivity index (χ2n) is 7.88. The topological polar surface area (TPSA) is 77.7 Å². The lowest BCUT2D eigenvalue weighted by atomic mass is 10.1. The van der Waals surface area contributed by atoms with Gasteiger partial charge in [-0.2, -0.15) is 4.99 Å². The summed E-state index contributed by atoms with van der Waals surface area (Å²) < 4.78 is 33.6. The number of rotatable bonds is 9. The van der Waals surface area contributed by atoms with Crippen LogP contribution in [0.25, 0.3) is 10.2 Å². The normalized spacial score (nSPS) is 12.6. The lowest BCUT2D eigenvalue weighted by molar-refractivity contribution is -0.118. The van der Waals surface area contributed by atoms with Crippen molar-refractivity contribution in [3.63, 3.8) is 0 Å². The molecule has 0 aliphatic carbocycles. The predicted octanol–water partition coefficient (Wildman–Crippen LogP) is 4.35. The van der Waals surface area contributed by atoms with Gasteiger partial charge in [0.05, 0.1) is 27.5 Å². The quantitative estimate of drug-likeness (QED) is 0.432. The third-order valence-electron chi connectivity index (χ3n) is 5.37. The molecule has 0 saturated heterocycles. The summed E-state index contributed by atoms with van der Waals surface area (Å²) >= 11 is 1.47. The lowest BCUT2D eigenvalue weighted by Gasteiger charge is -2.07. The third kappa shape index (κ3) is 5.94. The Morgan fingerprint density at radius 1 is 1.09 bits per heavy atom.